The Kier molecular flexibility index (Phi) is 5.49. The maximum Gasteiger partial charge on any atom is 0.329 e. The van der Waals surface area contributed by atoms with Gasteiger partial charge >= 0.3 is 5.97 Å². The largest absolute Gasteiger partial charge is 0.493 e. The summed E-state index contributed by atoms with van der Waals surface area (Å²) >= 11 is 0. The van der Waals surface area contributed by atoms with Crippen LogP contribution in [-0.4, -0.2) is 47.7 Å². The van der Waals surface area contributed by atoms with Crippen LogP contribution in [0.3, 0.4) is 0 Å². The van der Waals surface area contributed by atoms with Crippen LogP contribution in [0.2, 0.25) is 0 Å². The van der Waals surface area contributed by atoms with E-state index in [-0.39, 0.29) is 12.5 Å². The molecule has 1 aliphatic rings. The van der Waals surface area contributed by atoms with E-state index < -0.39 is 11.5 Å². The number of hydrogen-bond donors (Lipinski definition) is 1. The predicted octanol–water partition coefficient (Wildman–Crippen LogP) is 2.27. The van der Waals surface area contributed by atoms with Gasteiger partial charge in [0.25, 0.3) is 5.91 Å². The topological polar surface area (TPSA) is 76.1 Å². The van der Waals surface area contributed by atoms with Crippen LogP contribution in [0.5, 0.6) is 11.5 Å². The Morgan fingerprint density at radius 1 is 1.42 bits per heavy atom. The first-order chi connectivity index (χ1) is 11.4. The van der Waals surface area contributed by atoms with Crippen molar-refractivity contribution in [3.05, 3.63) is 36.4 Å². The Bertz CT molecular complexity index is 642. The van der Waals surface area contributed by atoms with Gasteiger partial charge in [0.1, 0.15) is 5.54 Å². The molecule has 0 spiro atoms. The number of carbonyl (C=O) groups excluding carboxylic acids is 1. The van der Waals surface area contributed by atoms with Crippen LogP contribution in [0.1, 0.15) is 25.3 Å². The lowest BCUT2D eigenvalue weighted by Crippen LogP contribution is -2.52. The van der Waals surface area contributed by atoms with Crippen molar-refractivity contribution in [2.45, 2.75) is 31.7 Å². The van der Waals surface area contributed by atoms with E-state index in [1.54, 1.807) is 19.1 Å². The van der Waals surface area contributed by atoms with Crippen LogP contribution in [0.4, 0.5) is 0 Å². The minimum Gasteiger partial charge on any atom is -0.493 e. The fraction of sp³-hybridized carbons (Fsp3) is 0.444. The zero-order valence-corrected chi connectivity index (χ0v) is 14.1. The van der Waals surface area contributed by atoms with E-state index in [0.29, 0.717) is 37.3 Å². The van der Waals surface area contributed by atoms with E-state index in [2.05, 4.69) is 6.58 Å². The van der Waals surface area contributed by atoms with Crippen molar-refractivity contribution >= 4 is 11.9 Å². The zero-order valence-electron chi connectivity index (χ0n) is 14.1. The summed E-state index contributed by atoms with van der Waals surface area (Å²) in [5, 5.41) is 9.38. The predicted molar refractivity (Wildman–Crippen MR) is 89.4 cm³/mol. The Hall–Kier alpha value is -2.50. The number of rotatable bonds is 7. The van der Waals surface area contributed by atoms with Gasteiger partial charge in [0.15, 0.2) is 18.1 Å². The molecule has 1 aromatic rings. The van der Waals surface area contributed by atoms with E-state index in [4.69, 9.17) is 9.47 Å². The molecule has 130 valence electrons. The number of aliphatic carboxylic acids is 1. The molecular formula is C18H23NO5. The van der Waals surface area contributed by atoms with E-state index >= 15 is 0 Å². The van der Waals surface area contributed by atoms with Crippen molar-refractivity contribution in [1.82, 2.24) is 4.90 Å². The van der Waals surface area contributed by atoms with Crippen LogP contribution in [-0.2, 0) is 16.0 Å². The number of carboxylic acid groups (broad SMARTS) is 1. The van der Waals surface area contributed by atoms with Gasteiger partial charge in [-0.15, -0.1) is 6.58 Å². The molecule has 24 heavy (non-hydrogen) atoms. The summed E-state index contributed by atoms with van der Waals surface area (Å²) < 4.78 is 10.9. The third-order valence-electron chi connectivity index (χ3n) is 4.36. The molecule has 1 unspecified atom stereocenters. The number of methoxy groups -OCH3 is 1. The summed E-state index contributed by atoms with van der Waals surface area (Å²) in [6, 6.07) is 5.45. The second-order valence-electron chi connectivity index (χ2n) is 5.99. The maximum atomic E-state index is 12.4. The Balaban J connectivity index is 2.06. The molecule has 1 fully saturated rings. The number of ether oxygens (including phenoxy) is 2. The van der Waals surface area contributed by atoms with Crippen molar-refractivity contribution < 1.29 is 24.2 Å². The molecule has 0 aromatic heterocycles. The molecule has 1 aliphatic heterocycles. The second kappa shape index (κ2) is 7.38. The summed E-state index contributed by atoms with van der Waals surface area (Å²) in [5.41, 5.74) is -0.128. The van der Waals surface area contributed by atoms with Crippen molar-refractivity contribution in [3.8, 4) is 11.5 Å². The van der Waals surface area contributed by atoms with Crippen LogP contribution in [0.15, 0.2) is 30.9 Å². The molecule has 0 saturated carbocycles. The number of benzene rings is 1. The first kappa shape index (κ1) is 17.8. The van der Waals surface area contributed by atoms with Crippen LogP contribution in [0, 0.1) is 0 Å². The quantitative estimate of drug-likeness (QED) is 0.775. The number of allylic oxidation sites excluding steroid dienone is 1. The molecule has 1 aromatic carbocycles. The van der Waals surface area contributed by atoms with Gasteiger partial charge in [0.05, 0.1) is 7.11 Å². The molecule has 1 heterocycles. The second-order valence-corrected chi connectivity index (χ2v) is 5.99. The number of hydrogen-bond acceptors (Lipinski definition) is 4. The first-order valence-corrected chi connectivity index (χ1v) is 7.87. The first-order valence-electron chi connectivity index (χ1n) is 7.87. The van der Waals surface area contributed by atoms with Gasteiger partial charge < -0.3 is 19.5 Å². The van der Waals surface area contributed by atoms with Crippen molar-refractivity contribution in [3.63, 3.8) is 0 Å². The van der Waals surface area contributed by atoms with Crippen LogP contribution in [0.25, 0.3) is 0 Å². The van der Waals surface area contributed by atoms with Gasteiger partial charge in [-0.1, -0.05) is 12.1 Å². The van der Waals surface area contributed by atoms with E-state index in [0.717, 1.165) is 5.56 Å². The van der Waals surface area contributed by atoms with Gasteiger partial charge in [-0.2, -0.15) is 0 Å². The molecule has 0 bridgehead atoms. The highest BCUT2D eigenvalue weighted by Gasteiger charge is 2.45. The molecule has 6 heteroatoms. The van der Waals surface area contributed by atoms with Gasteiger partial charge in [-0.25, -0.2) is 4.79 Å². The maximum absolute atomic E-state index is 12.4. The summed E-state index contributed by atoms with van der Waals surface area (Å²) in [7, 11) is 1.53. The minimum atomic E-state index is -1.15. The van der Waals surface area contributed by atoms with Crippen molar-refractivity contribution in [2.75, 3.05) is 20.3 Å². The third kappa shape index (κ3) is 3.53. The number of nitrogens with zero attached hydrogens (tertiary/aromatic N) is 1. The van der Waals surface area contributed by atoms with Gasteiger partial charge in [-0.05, 0) is 43.9 Å². The van der Waals surface area contributed by atoms with Gasteiger partial charge in [0.2, 0.25) is 0 Å². The fourth-order valence-corrected chi connectivity index (χ4v) is 2.93. The summed E-state index contributed by atoms with van der Waals surface area (Å²) in [6.45, 7) is 5.48. The van der Waals surface area contributed by atoms with E-state index in [9.17, 15) is 14.7 Å². The number of carboxylic acids is 1. The van der Waals surface area contributed by atoms with E-state index in [1.165, 1.54) is 12.0 Å². The molecule has 0 aliphatic carbocycles. The average molecular weight is 333 g/mol. The molecule has 6 nitrogen and oxygen atoms in total. The normalized spacial score (nSPS) is 19.8. The highest BCUT2D eigenvalue weighted by molar-refractivity contribution is 5.88. The summed E-state index contributed by atoms with van der Waals surface area (Å²) in [4.78, 5) is 25.2. The molecule has 2 rings (SSSR count). The van der Waals surface area contributed by atoms with Gasteiger partial charge in [0, 0.05) is 6.54 Å². The highest BCUT2D eigenvalue weighted by Crippen LogP contribution is 2.31. The molecule has 1 atom stereocenters. The highest BCUT2D eigenvalue weighted by atomic mass is 16.5. The monoisotopic (exact) mass is 333 g/mol. The summed E-state index contributed by atoms with van der Waals surface area (Å²) in [5.74, 6) is -0.339. The lowest BCUT2D eigenvalue weighted by molar-refractivity contribution is -0.156. The minimum absolute atomic E-state index is 0.222. The fourth-order valence-electron chi connectivity index (χ4n) is 2.93. The molecule has 0 radical (unpaired) electrons. The SMILES string of the molecule is C=CCc1ccc(OCC(=O)N2CCCC2(C)C(=O)O)c(OC)c1. The number of amides is 1. The van der Waals surface area contributed by atoms with Crippen LogP contribution >= 0.6 is 0 Å². The Morgan fingerprint density at radius 2 is 2.17 bits per heavy atom. The smallest absolute Gasteiger partial charge is 0.329 e. The van der Waals surface area contributed by atoms with E-state index in [1.807, 2.05) is 12.1 Å². The Labute approximate surface area is 141 Å². The zero-order chi connectivity index (χ0) is 17.7. The van der Waals surface area contributed by atoms with Crippen molar-refractivity contribution in [2.24, 2.45) is 0 Å². The lowest BCUT2D eigenvalue weighted by atomic mass is 9.99. The van der Waals surface area contributed by atoms with Crippen LogP contribution < -0.4 is 9.47 Å². The van der Waals surface area contributed by atoms with Crippen molar-refractivity contribution in [1.29, 1.82) is 0 Å². The molecule has 1 amide bonds. The molecule has 1 N–H and O–H groups in total. The molecule has 1 saturated heterocycles. The number of carbonyl (C=O) groups is 2. The Morgan fingerprint density at radius 3 is 2.79 bits per heavy atom. The lowest BCUT2D eigenvalue weighted by Gasteiger charge is -2.31. The average Bonchev–Trinajstić information content (AvgIpc) is 2.97. The standard InChI is InChI=1S/C18H23NO5/c1-4-6-13-7-8-14(15(11-13)23-3)24-12-16(20)19-10-5-9-18(19,2)17(21)22/h4,7-8,11H,1,5-6,9-10,12H2,2-3H3,(H,21,22). The molecular weight excluding hydrogens is 310 g/mol. The summed E-state index contributed by atoms with van der Waals surface area (Å²) in [6.07, 6.45) is 3.63. The third-order valence-corrected chi connectivity index (χ3v) is 4.36. The number of likely N-dealkylation sites (tertiary alicyclic amines) is 1. The van der Waals surface area contributed by atoms with Gasteiger partial charge in [-0.3, -0.25) is 4.79 Å².